The van der Waals surface area contributed by atoms with Gasteiger partial charge >= 0.3 is 0 Å². The fourth-order valence-corrected chi connectivity index (χ4v) is 2.54. The van der Waals surface area contributed by atoms with Crippen molar-refractivity contribution in [2.75, 3.05) is 31.6 Å². The molecule has 1 aliphatic rings. The maximum atomic E-state index is 12.0. The Hall–Kier alpha value is -1.40. The molecule has 0 aromatic carbocycles. The number of aliphatic hydroxyl groups excluding tert-OH is 1. The van der Waals surface area contributed by atoms with Crippen molar-refractivity contribution in [3.63, 3.8) is 0 Å². The Morgan fingerprint density at radius 1 is 1.53 bits per heavy atom. The number of amides is 1. The van der Waals surface area contributed by atoms with Crippen LogP contribution in [-0.2, 0) is 11.8 Å². The largest absolute Gasteiger partial charge is 0.396 e. The maximum Gasteiger partial charge on any atom is 0.238 e. The number of hydrogen-bond acceptors (Lipinski definition) is 4. The predicted molar refractivity (Wildman–Crippen MR) is 72.9 cm³/mol. The van der Waals surface area contributed by atoms with Gasteiger partial charge in [0.25, 0.3) is 0 Å². The lowest BCUT2D eigenvalue weighted by Crippen LogP contribution is -2.32. The van der Waals surface area contributed by atoms with Gasteiger partial charge in [-0.15, -0.1) is 0 Å². The number of nitrogens with one attached hydrogen (secondary N) is 1. The lowest BCUT2D eigenvalue weighted by Gasteiger charge is -2.15. The molecule has 1 aliphatic heterocycles. The lowest BCUT2D eigenvalue weighted by molar-refractivity contribution is -0.117. The lowest BCUT2D eigenvalue weighted by atomic mass is 10.1. The number of rotatable bonds is 4. The number of aryl methyl sites for hydroxylation is 2. The third kappa shape index (κ3) is 3.13. The molecule has 0 bridgehead atoms. The summed E-state index contributed by atoms with van der Waals surface area (Å²) in [6.45, 7) is 6.09. The molecule has 1 saturated heterocycles. The molecule has 2 heterocycles. The second-order valence-corrected chi connectivity index (χ2v) is 5.29. The first kappa shape index (κ1) is 14.0. The number of hydrogen-bond donors (Lipinski definition) is 2. The quantitative estimate of drug-likeness (QED) is 0.822. The van der Waals surface area contributed by atoms with Gasteiger partial charge < -0.3 is 10.4 Å². The minimum Gasteiger partial charge on any atom is -0.396 e. The van der Waals surface area contributed by atoms with Gasteiger partial charge in [-0.3, -0.25) is 14.4 Å². The maximum absolute atomic E-state index is 12.0. The van der Waals surface area contributed by atoms with Crippen LogP contribution < -0.4 is 5.32 Å². The van der Waals surface area contributed by atoms with Crippen molar-refractivity contribution in [2.45, 2.75) is 20.3 Å². The van der Waals surface area contributed by atoms with E-state index in [0.717, 1.165) is 36.6 Å². The Labute approximate surface area is 113 Å². The van der Waals surface area contributed by atoms with Crippen LogP contribution in [0.25, 0.3) is 0 Å². The van der Waals surface area contributed by atoms with Gasteiger partial charge in [0.05, 0.1) is 23.6 Å². The molecule has 0 radical (unpaired) electrons. The van der Waals surface area contributed by atoms with Gasteiger partial charge in [0.1, 0.15) is 0 Å². The van der Waals surface area contributed by atoms with Gasteiger partial charge in [-0.2, -0.15) is 5.10 Å². The number of anilines is 1. The van der Waals surface area contributed by atoms with Crippen LogP contribution in [0.15, 0.2) is 0 Å². The predicted octanol–water partition coefficient (Wildman–Crippen LogP) is 0.290. The van der Waals surface area contributed by atoms with Crippen LogP contribution in [-0.4, -0.2) is 51.9 Å². The van der Waals surface area contributed by atoms with Crippen LogP contribution in [0.3, 0.4) is 0 Å². The first-order valence-corrected chi connectivity index (χ1v) is 6.64. The number of carbonyl (C=O) groups excluding carboxylic acids is 1. The summed E-state index contributed by atoms with van der Waals surface area (Å²) in [5.74, 6) is 0.299. The van der Waals surface area contributed by atoms with Gasteiger partial charge in [0, 0.05) is 20.2 Å². The van der Waals surface area contributed by atoms with Crippen LogP contribution in [0.5, 0.6) is 0 Å². The molecule has 0 spiro atoms. The standard InChI is InChI=1S/C13H22N4O2/c1-9-13(10(2)16(3)15-9)14-12(19)7-17-5-4-11(6-17)8-18/h11,18H,4-8H2,1-3H3,(H,14,19). The highest BCUT2D eigenvalue weighted by Crippen LogP contribution is 2.19. The molecule has 1 fully saturated rings. The monoisotopic (exact) mass is 266 g/mol. The van der Waals surface area contributed by atoms with Crippen molar-refractivity contribution in [3.05, 3.63) is 11.4 Å². The van der Waals surface area contributed by atoms with E-state index in [2.05, 4.69) is 15.3 Å². The van der Waals surface area contributed by atoms with E-state index in [1.807, 2.05) is 20.9 Å². The van der Waals surface area contributed by atoms with Crippen LogP contribution >= 0.6 is 0 Å². The molecule has 1 aromatic heterocycles. The summed E-state index contributed by atoms with van der Waals surface area (Å²) in [6, 6.07) is 0. The third-order valence-corrected chi connectivity index (χ3v) is 3.77. The zero-order valence-electron chi connectivity index (χ0n) is 11.8. The Kier molecular flexibility index (Phi) is 4.21. The molecule has 1 unspecified atom stereocenters. The Balaban J connectivity index is 1.91. The van der Waals surface area contributed by atoms with E-state index in [1.165, 1.54) is 0 Å². The molecular weight excluding hydrogens is 244 g/mol. The SMILES string of the molecule is Cc1nn(C)c(C)c1NC(=O)CN1CCC(CO)C1. The molecule has 6 heteroatoms. The van der Waals surface area contributed by atoms with Gasteiger partial charge in [-0.1, -0.05) is 0 Å². The van der Waals surface area contributed by atoms with Crippen molar-refractivity contribution in [3.8, 4) is 0 Å². The fraction of sp³-hybridized carbons (Fsp3) is 0.692. The second kappa shape index (κ2) is 5.71. The zero-order valence-corrected chi connectivity index (χ0v) is 11.8. The van der Waals surface area contributed by atoms with E-state index >= 15 is 0 Å². The first-order chi connectivity index (χ1) is 9.01. The molecular formula is C13H22N4O2. The van der Waals surface area contributed by atoms with E-state index in [9.17, 15) is 4.79 Å². The van der Waals surface area contributed by atoms with Gasteiger partial charge in [0.2, 0.25) is 5.91 Å². The first-order valence-electron chi connectivity index (χ1n) is 6.64. The molecule has 1 amide bonds. The van der Waals surface area contributed by atoms with Gasteiger partial charge in [0.15, 0.2) is 0 Å². The average Bonchev–Trinajstić information content (AvgIpc) is 2.90. The summed E-state index contributed by atoms with van der Waals surface area (Å²) in [5, 5.41) is 16.3. The smallest absolute Gasteiger partial charge is 0.238 e. The van der Waals surface area contributed by atoms with E-state index in [4.69, 9.17) is 5.11 Å². The Bertz CT molecular complexity index is 469. The molecule has 0 saturated carbocycles. The third-order valence-electron chi connectivity index (χ3n) is 3.77. The topological polar surface area (TPSA) is 70.4 Å². The number of aliphatic hydroxyl groups is 1. The molecule has 0 aliphatic carbocycles. The summed E-state index contributed by atoms with van der Waals surface area (Å²) < 4.78 is 1.77. The number of aromatic nitrogens is 2. The van der Waals surface area contributed by atoms with Crippen molar-refractivity contribution in [1.29, 1.82) is 0 Å². The van der Waals surface area contributed by atoms with Gasteiger partial charge in [-0.25, -0.2) is 0 Å². The van der Waals surface area contributed by atoms with Crippen molar-refractivity contribution in [1.82, 2.24) is 14.7 Å². The van der Waals surface area contributed by atoms with Crippen LogP contribution in [0.4, 0.5) is 5.69 Å². The summed E-state index contributed by atoms with van der Waals surface area (Å²) in [6.07, 6.45) is 0.967. The van der Waals surface area contributed by atoms with Gasteiger partial charge in [-0.05, 0) is 32.7 Å². The van der Waals surface area contributed by atoms with E-state index < -0.39 is 0 Å². The molecule has 106 valence electrons. The Morgan fingerprint density at radius 2 is 2.26 bits per heavy atom. The Morgan fingerprint density at radius 3 is 2.79 bits per heavy atom. The molecule has 19 heavy (non-hydrogen) atoms. The minimum atomic E-state index is -0.0159. The summed E-state index contributed by atoms with van der Waals surface area (Å²) in [7, 11) is 1.87. The van der Waals surface area contributed by atoms with E-state index in [0.29, 0.717) is 12.5 Å². The zero-order chi connectivity index (χ0) is 14.0. The molecule has 1 aromatic rings. The summed E-state index contributed by atoms with van der Waals surface area (Å²) >= 11 is 0. The summed E-state index contributed by atoms with van der Waals surface area (Å²) in [5.41, 5.74) is 2.61. The number of carbonyl (C=O) groups is 1. The minimum absolute atomic E-state index is 0.0159. The second-order valence-electron chi connectivity index (χ2n) is 5.29. The molecule has 2 N–H and O–H groups in total. The van der Waals surface area contributed by atoms with E-state index in [-0.39, 0.29) is 12.5 Å². The van der Waals surface area contributed by atoms with Crippen LogP contribution in [0.2, 0.25) is 0 Å². The van der Waals surface area contributed by atoms with E-state index in [1.54, 1.807) is 4.68 Å². The highest BCUT2D eigenvalue weighted by Gasteiger charge is 2.23. The van der Waals surface area contributed by atoms with Crippen LogP contribution in [0, 0.1) is 19.8 Å². The van der Waals surface area contributed by atoms with Crippen molar-refractivity contribution < 1.29 is 9.90 Å². The highest BCUT2D eigenvalue weighted by molar-refractivity contribution is 5.93. The number of likely N-dealkylation sites (tertiary alicyclic amines) is 1. The number of nitrogens with zero attached hydrogens (tertiary/aromatic N) is 3. The fourth-order valence-electron chi connectivity index (χ4n) is 2.54. The summed E-state index contributed by atoms with van der Waals surface area (Å²) in [4.78, 5) is 14.1. The van der Waals surface area contributed by atoms with Crippen molar-refractivity contribution >= 4 is 11.6 Å². The molecule has 1 atom stereocenters. The molecule has 2 rings (SSSR count). The molecule has 6 nitrogen and oxygen atoms in total. The highest BCUT2D eigenvalue weighted by atomic mass is 16.3. The van der Waals surface area contributed by atoms with Crippen molar-refractivity contribution in [2.24, 2.45) is 13.0 Å². The van der Waals surface area contributed by atoms with Crippen LogP contribution in [0.1, 0.15) is 17.8 Å². The average molecular weight is 266 g/mol. The normalized spacial score (nSPS) is 19.9.